The Labute approximate surface area is 99.9 Å². The van der Waals surface area contributed by atoms with Gasteiger partial charge in [0.2, 0.25) is 0 Å². The second kappa shape index (κ2) is 5.48. The van der Waals surface area contributed by atoms with Crippen molar-refractivity contribution in [2.45, 2.75) is 25.7 Å². The molecule has 1 aliphatic carbocycles. The van der Waals surface area contributed by atoms with E-state index in [2.05, 4.69) is 5.16 Å². The van der Waals surface area contributed by atoms with Gasteiger partial charge in [-0.2, -0.15) is 0 Å². The number of hydrogen-bond donors (Lipinski definition) is 1. The number of carbonyl (C=O) groups excluding carboxylic acids is 1. The lowest BCUT2D eigenvalue weighted by Crippen LogP contribution is -2.11. The third kappa shape index (κ3) is 3.31. The smallest absolute Gasteiger partial charge is 0.338 e. The normalized spacial score (nSPS) is 16.5. The molecule has 0 heterocycles. The van der Waals surface area contributed by atoms with E-state index in [4.69, 9.17) is 9.94 Å². The van der Waals surface area contributed by atoms with Crippen LogP contribution in [-0.4, -0.2) is 17.3 Å². The fourth-order valence-corrected chi connectivity index (χ4v) is 1.94. The summed E-state index contributed by atoms with van der Waals surface area (Å²) in [4.78, 5) is 16.3. The van der Waals surface area contributed by atoms with Crippen LogP contribution in [0.5, 0.6) is 5.75 Å². The van der Waals surface area contributed by atoms with Crippen LogP contribution in [0.4, 0.5) is 0 Å². The molecule has 0 atom stereocenters. The highest BCUT2D eigenvalue weighted by molar-refractivity contribution is 5.80. The number of aromatic hydroxyl groups is 1. The third-order valence-corrected chi connectivity index (χ3v) is 2.93. The van der Waals surface area contributed by atoms with Gasteiger partial charge in [-0.3, -0.25) is 0 Å². The van der Waals surface area contributed by atoms with E-state index in [0.29, 0.717) is 0 Å². The van der Waals surface area contributed by atoms with E-state index in [1.807, 2.05) is 0 Å². The van der Waals surface area contributed by atoms with Gasteiger partial charge < -0.3 is 9.94 Å². The first-order chi connectivity index (χ1) is 8.25. The van der Waals surface area contributed by atoms with Gasteiger partial charge >= 0.3 is 5.97 Å². The first kappa shape index (κ1) is 11.6. The third-order valence-electron chi connectivity index (χ3n) is 2.93. The molecule has 1 aromatic carbocycles. The Morgan fingerprint density at radius 1 is 1.29 bits per heavy atom. The maximum atomic E-state index is 11.5. The van der Waals surface area contributed by atoms with Crippen molar-refractivity contribution in [3.8, 4) is 5.75 Å². The minimum Gasteiger partial charge on any atom is -0.508 e. The van der Waals surface area contributed by atoms with Gasteiger partial charge in [0, 0.05) is 0 Å². The molecule has 90 valence electrons. The number of benzene rings is 1. The number of oxime groups is 1. The van der Waals surface area contributed by atoms with Crippen LogP contribution in [-0.2, 0) is 9.63 Å². The highest BCUT2D eigenvalue weighted by atomic mass is 16.7. The van der Waals surface area contributed by atoms with Gasteiger partial charge in [-0.15, -0.1) is 0 Å². The minimum atomic E-state index is -0.238. The molecule has 0 bridgehead atoms. The monoisotopic (exact) mass is 233 g/mol. The van der Waals surface area contributed by atoms with E-state index in [9.17, 15) is 4.79 Å². The molecule has 1 saturated carbocycles. The summed E-state index contributed by atoms with van der Waals surface area (Å²) in [6.45, 7) is 0. The zero-order valence-corrected chi connectivity index (χ0v) is 9.50. The standard InChI is InChI=1S/C13H15NO3/c15-12-7-5-10(6-8-12)9-14-17-13(16)11-3-1-2-4-11/h5-9,11,15H,1-4H2/b14-9+. The molecule has 4 nitrogen and oxygen atoms in total. The number of carbonyl (C=O) groups is 1. The predicted octanol–water partition coefficient (Wildman–Crippen LogP) is 2.46. The molecule has 1 aliphatic rings. The lowest BCUT2D eigenvalue weighted by Gasteiger charge is -2.03. The molecule has 4 heteroatoms. The van der Waals surface area contributed by atoms with Crippen LogP contribution in [0, 0.1) is 5.92 Å². The molecule has 1 N–H and O–H groups in total. The molecule has 2 rings (SSSR count). The zero-order valence-electron chi connectivity index (χ0n) is 9.50. The highest BCUT2D eigenvalue weighted by Gasteiger charge is 2.24. The first-order valence-electron chi connectivity index (χ1n) is 5.79. The van der Waals surface area contributed by atoms with Crippen LogP contribution in [0.25, 0.3) is 0 Å². The summed E-state index contributed by atoms with van der Waals surface area (Å²) in [6.07, 6.45) is 5.48. The molecular weight excluding hydrogens is 218 g/mol. The van der Waals surface area contributed by atoms with Crippen molar-refractivity contribution in [3.63, 3.8) is 0 Å². The summed E-state index contributed by atoms with van der Waals surface area (Å²) >= 11 is 0. The van der Waals surface area contributed by atoms with Gasteiger partial charge in [-0.25, -0.2) is 4.79 Å². The first-order valence-corrected chi connectivity index (χ1v) is 5.79. The van der Waals surface area contributed by atoms with Crippen molar-refractivity contribution in [2.24, 2.45) is 11.1 Å². The molecular formula is C13H15NO3. The Balaban J connectivity index is 1.84. The van der Waals surface area contributed by atoms with E-state index in [1.165, 1.54) is 6.21 Å². The van der Waals surface area contributed by atoms with E-state index in [0.717, 1.165) is 31.2 Å². The quantitative estimate of drug-likeness (QED) is 0.495. The second-order valence-electron chi connectivity index (χ2n) is 4.22. The Kier molecular flexibility index (Phi) is 3.75. The Hall–Kier alpha value is -1.84. The number of nitrogens with zero attached hydrogens (tertiary/aromatic N) is 1. The second-order valence-corrected chi connectivity index (χ2v) is 4.22. The minimum absolute atomic E-state index is 0.0203. The van der Waals surface area contributed by atoms with Gasteiger partial charge in [0.15, 0.2) is 0 Å². The molecule has 0 spiro atoms. The number of phenolic OH excluding ortho intramolecular Hbond substituents is 1. The molecule has 0 aliphatic heterocycles. The predicted molar refractivity (Wildman–Crippen MR) is 63.8 cm³/mol. The average Bonchev–Trinajstić information content (AvgIpc) is 2.85. The van der Waals surface area contributed by atoms with E-state index >= 15 is 0 Å². The summed E-state index contributed by atoms with van der Waals surface area (Å²) in [5.41, 5.74) is 0.780. The average molecular weight is 233 g/mol. The molecule has 0 saturated heterocycles. The number of rotatable bonds is 3. The fourth-order valence-electron chi connectivity index (χ4n) is 1.94. The van der Waals surface area contributed by atoms with Gasteiger partial charge in [0.05, 0.1) is 12.1 Å². The van der Waals surface area contributed by atoms with Crippen LogP contribution in [0.1, 0.15) is 31.2 Å². The van der Waals surface area contributed by atoms with Crippen LogP contribution < -0.4 is 0 Å². The van der Waals surface area contributed by atoms with Gasteiger partial charge in [-0.05, 0) is 42.7 Å². The van der Waals surface area contributed by atoms with Crippen LogP contribution in [0.15, 0.2) is 29.4 Å². The van der Waals surface area contributed by atoms with Crippen molar-refractivity contribution in [3.05, 3.63) is 29.8 Å². The highest BCUT2D eigenvalue weighted by Crippen LogP contribution is 2.25. The summed E-state index contributed by atoms with van der Waals surface area (Å²) in [5, 5.41) is 12.7. The summed E-state index contributed by atoms with van der Waals surface area (Å²) < 4.78 is 0. The maximum absolute atomic E-state index is 11.5. The Bertz CT molecular complexity index is 405. The van der Waals surface area contributed by atoms with Crippen LogP contribution in [0.2, 0.25) is 0 Å². The van der Waals surface area contributed by atoms with Gasteiger partial charge in [0.1, 0.15) is 5.75 Å². The zero-order chi connectivity index (χ0) is 12.1. The van der Waals surface area contributed by atoms with Crippen molar-refractivity contribution >= 4 is 12.2 Å². The van der Waals surface area contributed by atoms with Gasteiger partial charge in [-0.1, -0.05) is 18.0 Å². The fraction of sp³-hybridized carbons (Fsp3) is 0.385. The van der Waals surface area contributed by atoms with E-state index in [-0.39, 0.29) is 17.6 Å². The Morgan fingerprint density at radius 2 is 1.94 bits per heavy atom. The maximum Gasteiger partial charge on any atom is 0.338 e. The molecule has 0 aromatic heterocycles. The lowest BCUT2D eigenvalue weighted by atomic mass is 10.1. The van der Waals surface area contributed by atoms with Crippen molar-refractivity contribution in [1.82, 2.24) is 0 Å². The van der Waals surface area contributed by atoms with Crippen molar-refractivity contribution in [2.75, 3.05) is 0 Å². The number of hydrogen-bond acceptors (Lipinski definition) is 4. The topological polar surface area (TPSA) is 58.9 Å². The van der Waals surface area contributed by atoms with Crippen LogP contribution >= 0.6 is 0 Å². The number of phenols is 1. The molecule has 1 aromatic rings. The van der Waals surface area contributed by atoms with Crippen LogP contribution in [0.3, 0.4) is 0 Å². The summed E-state index contributed by atoms with van der Waals surface area (Å²) in [6, 6.07) is 6.50. The largest absolute Gasteiger partial charge is 0.508 e. The van der Waals surface area contributed by atoms with Crippen molar-refractivity contribution in [1.29, 1.82) is 0 Å². The SMILES string of the molecule is O=C(O/N=C/c1ccc(O)cc1)C1CCCC1. The molecule has 0 unspecified atom stereocenters. The summed E-state index contributed by atoms with van der Waals surface area (Å²) in [7, 11) is 0. The van der Waals surface area contributed by atoms with Crippen molar-refractivity contribution < 1.29 is 14.7 Å². The van der Waals surface area contributed by atoms with E-state index < -0.39 is 0 Å². The molecule has 1 fully saturated rings. The molecule has 0 radical (unpaired) electrons. The summed E-state index contributed by atoms with van der Waals surface area (Å²) in [5.74, 6) is -0.0189. The molecule has 0 amide bonds. The van der Waals surface area contributed by atoms with Gasteiger partial charge in [0.25, 0.3) is 0 Å². The van der Waals surface area contributed by atoms with E-state index in [1.54, 1.807) is 24.3 Å². The lowest BCUT2D eigenvalue weighted by molar-refractivity contribution is -0.148. The molecule has 17 heavy (non-hydrogen) atoms. The Morgan fingerprint density at radius 3 is 2.59 bits per heavy atom.